The lowest BCUT2D eigenvalue weighted by Gasteiger charge is -2.27. The molecular formula is C10H14N2O5S. The van der Waals surface area contributed by atoms with Gasteiger partial charge in [-0.2, -0.15) is 12.6 Å². The second-order valence-corrected chi connectivity index (χ2v) is 4.76. The Kier molecular flexibility index (Phi) is 3.37. The van der Waals surface area contributed by atoms with Crippen molar-refractivity contribution in [1.82, 2.24) is 9.55 Å². The SMILES string of the molecule is C[C@@]1(O)[C@H](O)[C@@H](CS)O[C@H]1n1ccc(=O)[nH]c1=O. The van der Waals surface area contributed by atoms with E-state index < -0.39 is 35.3 Å². The van der Waals surface area contributed by atoms with Gasteiger partial charge in [-0.3, -0.25) is 14.3 Å². The summed E-state index contributed by atoms with van der Waals surface area (Å²) in [6.07, 6.45) is -1.71. The highest BCUT2D eigenvalue weighted by Gasteiger charge is 2.52. The molecule has 3 N–H and O–H groups in total. The van der Waals surface area contributed by atoms with Crippen LogP contribution in [0.3, 0.4) is 0 Å². The predicted octanol–water partition coefficient (Wildman–Crippen LogP) is -1.52. The molecule has 0 amide bonds. The first-order valence-electron chi connectivity index (χ1n) is 5.36. The zero-order valence-electron chi connectivity index (χ0n) is 9.61. The van der Waals surface area contributed by atoms with E-state index in [2.05, 4.69) is 17.6 Å². The van der Waals surface area contributed by atoms with Crippen molar-refractivity contribution in [2.45, 2.75) is 31.0 Å². The van der Waals surface area contributed by atoms with Crippen molar-refractivity contribution in [2.75, 3.05) is 5.75 Å². The summed E-state index contributed by atoms with van der Waals surface area (Å²) in [5.74, 6) is 0.200. The molecular weight excluding hydrogens is 260 g/mol. The lowest BCUT2D eigenvalue weighted by atomic mass is 9.97. The molecule has 0 spiro atoms. The van der Waals surface area contributed by atoms with E-state index in [0.717, 1.165) is 10.6 Å². The largest absolute Gasteiger partial charge is 0.387 e. The first-order valence-corrected chi connectivity index (χ1v) is 5.99. The summed E-state index contributed by atoms with van der Waals surface area (Å²) < 4.78 is 6.45. The number of aromatic nitrogens is 2. The maximum absolute atomic E-state index is 11.6. The quantitative estimate of drug-likeness (QED) is 0.490. The van der Waals surface area contributed by atoms with Crippen molar-refractivity contribution in [3.8, 4) is 0 Å². The van der Waals surface area contributed by atoms with Gasteiger partial charge in [-0.1, -0.05) is 0 Å². The first kappa shape index (κ1) is 13.3. The number of nitrogens with one attached hydrogen (secondary N) is 1. The molecule has 1 aliphatic heterocycles. The van der Waals surface area contributed by atoms with Crippen molar-refractivity contribution in [2.24, 2.45) is 0 Å². The topological polar surface area (TPSA) is 105 Å². The average molecular weight is 274 g/mol. The van der Waals surface area contributed by atoms with Gasteiger partial charge in [-0.05, 0) is 6.92 Å². The van der Waals surface area contributed by atoms with Crippen LogP contribution < -0.4 is 11.2 Å². The van der Waals surface area contributed by atoms with Gasteiger partial charge in [0.25, 0.3) is 5.56 Å². The fraction of sp³-hybridized carbons (Fsp3) is 0.600. The Labute approximate surface area is 107 Å². The predicted molar refractivity (Wildman–Crippen MR) is 65.7 cm³/mol. The summed E-state index contributed by atoms with van der Waals surface area (Å²) in [5.41, 5.74) is -2.89. The van der Waals surface area contributed by atoms with Crippen molar-refractivity contribution >= 4 is 12.6 Å². The maximum atomic E-state index is 11.6. The highest BCUT2D eigenvalue weighted by atomic mass is 32.1. The number of hydrogen-bond donors (Lipinski definition) is 4. The van der Waals surface area contributed by atoms with E-state index in [1.807, 2.05) is 0 Å². The van der Waals surface area contributed by atoms with Gasteiger partial charge >= 0.3 is 5.69 Å². The van der Waals surface area contributed by atoms with Crippen LogP contribution in [0.4, 0.5) is 0 Å². The van der Waals surface area contributed by atoms with Crippen LogP contribution in [0.5, 0.6) is 0 Å². The van der Waals surface area contributed by atoms with E-state index in [4.69, 9.17) is 4.74 Å². The van der Waals surface area contributed by atoms with Crippen molar-refractivity contribution in [1.29, 1.82) is 0 Å². The lowest BCUT2D eigenvalue weighted by molar-refractivity contribution is -0.0970. The molecule has 100 valence electrons. The van der Waals surface area contributed by atoms with Gasteiger partial charge in [0.05, 0.1) is 6.10 Å². The van der Waals surface area contributed by atoms with E-state index >= 15 is 0 Å². The molecule has 0 saturated carbocycles. The van der Waals surface area contributed by atoms with Crippen LogP contribution in [0, 0.1) is 0 Å². The molecule has 0 unspecified atom stereocenters. The third kappa shape index (κ3) is 2.01. The summed E-state index contributed by atoms with van der Waals surface area (Å²) in [6.45, 7) is 1.36. The highest BCUT2D eigenvalue weighted by Crippen LogP contribution is 2.37. The van der Waals surface area contributed by atoms with E-state index in [-0.39, 0.29) is 5.75 Å². The van der Waals surface area contributed by atoms with E-state index in [1.54, 1.807) is 0 Å². The van der Waals surface area contributed by atoms with E-state index in [1.165, 1.54) is 13.1 Å². The van der Waals surface area contributed by atoms with Crippen molar-refractivity contribution in [3.63, 3.8) is 0 Å². The molecule has 1 aromatic heterocycles. The van der Waals surface area contributed by atoms with Gasteiger partial charge in [-0.15, -0.1) is 0 Å². The standard InChI is InChI=1S/C10H14N2O5S/c1-10(16)7(14)5(4-18)17-8(10)12-3-2-6(13)11-9(12)15/h2-3,5,7-8,14,16,18H,4H2,1H3,(H,11,13,15)/t5-,7-,8-,10-/m1/s1. The molecule has 4 atom stereocenters. The molecule has 1 aromatic rings. The number of aliphatic hydroxyl groups excluding tert-OH is 1. The van der Waals surface area contributed by atoms with Crippen LogP contribution in [0.2, 0.25) is 0 Å². The Hall–Kier alpha value is -1.09. The average Bonchev–Trinajstić information content (AvgIpc) is 2.52. The summed E-state index contributed by atoms with van der Waals surface area (Å²) in [4.78, 5) is 24.7. The number of aromatic amines is 1. The Bertz CT molecular complexity index is 552. The van der Waals surface area contributed by atoms with Gasteiger partial charge in [0.15, 0.2) is 6.23 Å². The number of hydrogen-bond acceptors (Lipinski definition) is 6. The van der Waals surface area contributed by atoms with Crippen molar-refractivity contribution in [3.05, 3.63) is 33.1 Å². The second kappa shape index (κ2) is 4.54. The molecule has 7 nitrogen and oxygen atoms in total. The lowest BCUT2D eigenvalue weighted by Crippen LogP contribution is -2.46. The minimum absolute atomic E-state index is 0.200. The number of rotatable bonds is 2. The number of ether oxygens (including phenoxy) is 1. The molecule has 1 aliphatic rings. The second-order valence-electron chi connectivity index (χ2n) is 4.40. The van der Waals surface area contributed by atoms with Gasteiger partial charge in [0, 0.05) is 18.0 Å². The van der Waals surface area contributed by atoms with Gasteiger partial charge in [-0.25, -0.2) is 4.79 Å². The molecule has 2 rings (SSSR count). The Morgan fingerprint density at radius 2 is 2.28 bits per heavy atom. The third-order valence-electron chi connectivity index (χ3n) is 3.04. The minimum atomic E-state index is -1.64. The Balaban J connectivity index is 2.45. The summed E-state index contributed by atoms with van der Waals surface area (Å²) in [6, 6.07) is 1.14. The van der Waals surface area contributed by atoms with Crippen LogP contribution in [-0.4, -0.2) is 43.3 Å². The molecule has 1 saturated heterocycles. The Morgan fingerprint density at radius 3 is 2.78 bits per heavy atom. The number of thiol groups is 1. The van der Waals surface area contributed by atoms with E-state index in [0.29, 0.717) is 0 Å². The van der Waals surface area contributed by atoms with Crippen LogP contribution in [0.25, 0.3) is 0 Å². The normalized spacial score (nSPS) is 35.9. The molecule has 0 radical (unpaired) electrons. The van der Waals surface area contributed by atoms with Crippen molar-refractivity contribution < 1.29 is 14.9 Å². The number of H-pyrrole nitrogens is 1. The molecule has 1 fully saturated rings. The van der Waals surface area contributed by atoms with Crippen LogP contribution in [0.1, 0.15) is 13.2 Å². The summed E-state index contributed by atoms with van der Waals surface area (Å²) in [7, 11) is 0. The Morgan fingerprint density at radius 1 is 1.61 bits per heavy atom. The molecule has 8 heteroatoms. The number of aliphatic hydroxyl groups is 2. The molecule has 0 aliphatic carbocycles. The van der Waals surface area contributed by atoms with Gasteiger partial charge in [0.2, 0.25) is 0 Å². The van der Waals surface area contributed by atoms with Crippen LogP contribution >= 0.6 is 12.6 Å². The first-order chi connectivity index (χ1) is 8.37. The van der Waals surface area contributed by atoms with Crippen LogP contribution in [-0.2, 0) is 4.74 Å². The monoisotopic (exact) mass is 274 g/mol. The molecule has 0 bridgehead atoms. The third-order valence-corrected chi connectivity index (χ3v) is 3.40. The fourth-order valence-electron chi connectivity index (χ4n) is 2.00. The highest BCUT2D eigenvalue weighted by molar-refractivity contribution is 7.80. The minimum Gasteiger partial charge on any atom is -0.387 e. The van der Waals surface area contributed by atoms with Gasteiger partial charge in [0.1, 0.15) is 11.7 Å². The molecule has 2 heterocycles. The van der Waals surface area contributed by atoms with E-state index in [9.17, 15) is 19.8 Å². The summed E-state index contributed by atoms with van der Waals surface area (Å²) in [5, 5.41) is 20.1. The zero-order chi connectivity index (χ0) is 13.5. The smallest absolute Gasteiger partial charge is 0.330 e. The maximum Gasteiger partial charge on any atom is 0.330 e. The zero-order valence-corrected chi connectivity index (χ0v) is 10.5. The van der Waals surface area contributed by atoms with Crippen LogP contribution in [0.15, 0.2) is 21.9 Å². The summed E-state index contributed by atoms with van der Waals surface area (Å²) >= 11 is 4.01. The van der Waals surface area contributed by atoms with Gasteiger partial charge < -0.3 is 14.9 Å². The number of nitrogens with zero attached hydrogens (tertiary/aromatic N) is 1. The molecule has 18 heavy (non-hydrogen) atoms. The molecule has 0 aromatic carbocycles. The fourth-order valence-corrected chi connectivity index (χ4v) is 2.29.